The molecular weight excluding hydrogens is 380 g/mol. The lowest BCUT2D eigenvalue weighted by molar-refractivity contribution is 0.588. The van der Waals surface area contributed by atoms with Crippen molar-refractivity contribution >= 4 is 34.3 Å². The van der Waals surface area contributed by atoms with Crippen molar-refractivity contribution in [1.82, 2.24) is 34.9 Å². The zero-order valence-corrected chi connectivity index (χ0v) is 15.3. The van der Waals surface area contributed by atoms with Gasteiger partial charge in [-0.25, -0.2) is 9.97 Å². The number of halogens is 1. The summed E-state index contributed by atoms with van der Waals surface area (Å²) in [6.45, 7) is 0. The number of anilines is 2. The highest BCUT2D eigenvalue weighted by Gasteiger charge is 2.16. The second kappa shape index (κ2) is 6.46. The maximum absolute atomic E-state index is 6.05. The van der Waals surface area contributed by atoms with Gasteiger partial charge in [0.25, 0.3) is 5.89 Å². The van der Waals surface area contributed by atoms with Crippen LogP contribution < -0.4 is 5.32 Å². The summed E-state index contributed by atoms with van der Waals surface area (Å²) in [7, 11) is 1.87. The second-order valence-electron chi connectivity index (χ2n) is 6.10. The first-order chi connectivity index (χ1) is 13.7. The number of aryl methyl sites for hydroxylation is 1. The molecule has 0 radical (unpaired) electrons. The Bertz CT molecular complexity index is 1290. The molecule has 5 heterocycles. The summed E-state index contributed by atoms with van der Waals surface area (Å²) in [5.41, 5.74) is 3.99. The first kappa shape index (κ1) is 16.5. The zero-order chi connectivity index (χ0) is 19.1. The highest BCUT2D eigenvalue weighted by molar-refractivity contribution is 6.32. The van der Waals surface area contributed by atoms with E-state index in [2.05, 4.69) is 35.6 Å². The van der Waals surface area contributed by atoms with E-state index in [9.17, 15) is 0 Å². The van der Waals surface area contributed by atoms with Crippen molar-refractivity contribution < 1.29 is 4.42 Å². The van der Waals surface area contributed by atoms with E-state index < -0.39 is 0 Å². The van der Waals surface area contributed by atoms with Crippen LogP contribution in [0.15, 0.2) is 53.6 Å². The average Bonchev–Trinajstić information content (AvgIpc) is 3.42. The van der Waals surface area contributed by atoms with Crippen LogP contribution in [0.1, 0.15) is 0 Å². The van der Waals surface area contributed by atoms with E-state index in [0.717, 1.165) is 27.7 Å². The molecule has 9 nitrogen and oxygen atoms in total. The van der Waals surface area contributed by atoms with Gasteiger partial charge in [0.05, 0.1) is 17.4 Å². The van der Waals surface area contributed by atoms with Crippen molar-refractivity contribution in [2.45, 2.75) is 0 Å². The van der Waals surface area contributed by atoms with Crippen LogP contribution in [0.25, 0.3) is 33.6 Å². The van der Waals surface area contributed by atoms with E-state index in [-0.39, 0.29) is 6.01 Å². The van der Waals surface area contributed by atoms with Crippen molar-refractivity contribution in [2.75, 3.05) is 5.32 Å². The minimum atomic E-state index is 0.218. The highest BCUT2D eigenvalue weighted by Crippen LogP contribution is 2.31. The van der Waals surface area contributed by atoms with Crippen molar-refractivity contribution in [2.24, 2.45) is 7.05 Å². The fourth-order valence-electron chi connectivity index (χ4n) is 2.89. The van der Waals surface area contributed by atoms with Crippen LogP contribution in [-0.4, -0.2) is 34.9 Å². The molecule has 2 N–H and O–H groups in total. The van der Waals surface area contributed by atoms with Gasteiger partial charge in [0.2, 0.25) is 0 Å². The number of aromatic nitrogens is 7. The Kier molecular flexibility index (Phi) is 3.80. The minimum Gasteiger partial charge on any atom is -0.403 e. The molecule has 0 bridgehead atoms. The summed E-state index contributed by atoms with van der Waals surface area (Å²) in [6, 6.07) is 5.77. The van der Waals surface area contributed by atoms with Crippen LogP contribution in [0.5, 0.6) is 0 Å². The molecule has 138 valence electrons. The largest absolute Gasteiger partial charge is 0.403 e. The van der Waals surface area contributed by atoms with Crippen LogP contribution in [0, 0.1) is 0 Å². The predicted molar refractivity (Wildman–Crippen MR) is 104 cm³/mol. The Hall–Kier alpha value is -3.72. The number of fused-ring (bicyclic) bond motifs is 1. The van der Waals surface area contributed by atoms with Crippen molar-refractivity contribution in [1.29, 1.82) is 0 Å². The summed E-state index contributed by atoms with van der Waals surface area (Å²) in [6.07, 6.45) is 8.92. The first-order valence-electron chi connectivity index (χ1n) is 8.35. The van der Waals surface area contributed by atoms with Crippen LogP contribution in [0.4, 0.5) is 11.7 Å². The third-order valence-electron chi connectivity index (χ3n) is 4.23. The summed E-state index contributed by atoms with van der Waals surface area (Å²) in [5, 5.41) is 16.5. The molecule has 5 aromatic rings. The molecular formula is C18H13ClN8O. The number of nitrogens with one attached hydrogen (secondary N) is 2. The number of H-pyrrole nitrogens is 1. The fourth-order valence-corrected chi connectivity index (χ4v) is 3.05. The van der Waals surface area contributed by atoms with Crippen LogP contribution >= 0.6 is 11.6 Å². The maximum atomic E-state index is 6.05. The number of hydrogen-bond donors (Lipinski definition) is 2. The molecule has 5 aromatic heterocycles. The molecule has 0 amide bonds. The Morgan fingerprint density at radius 2 is 2.11 bits per heavy atom. The van der Waals surface area contributed by atoms with E-state index in [1.807, 2.05) is 19.3 Å². The smallest absolute Gasteiger partial charge is 0.320 e. The number of aromatic amines is 1. The molecule has 28 heavy (non-hydrogen) atoms. The van der Waals surface area contributed by atoms with Gasteiger partial charge in [-0.2, -0.15) is 5.10 Å². The van der Waals surface area contributed by atoms with Crippen LogP contribution in [-0.2, 0) is 7.05 Å². The molecule has 0 aliphatic carbocycles. The van der Waals surface area contributed by atoms with Crippen LogP contribution in [0.3, 0.4) is 0 Å². The van der Waals surface area contributed by atoms with Crippen LogP contribution in [0.2, 0.25) is 5.15 Å². The van der Waals surface area contributed by atoms with E-state index >= 15 is 0 Å². The normalized spacial score (nSPS) is 11.2. The predicted octanol–water partition coefficient (Wildman–Crippen LogP) is 3.81. The molecule has 0 spiro atoms. The number of hydrogen-bond acceptors (Lipinski definition) is 7. The van der Waals surface area contributed by atoms with E-state index in [1.54, 1.807) is 41.6 Å². The highest BCUT2D eigenvalue weighted by atomic mass is 35.5. The Morgan fingerprint density at radius 3 is 2.93 bits per heavy atom. The Labute approximate surface area is 163 Å². The number of rotatable bonds is 4. The quantitative estimate of drug-likeness (QED) is 0.447. The fraction of sp³-hybridized carbons (Fsp3) is 0.0556. The molecule has 0 saturated heterocycles. The van der Waals surface area contributed by atoms with Gasteiger partial charge in [-0.05, 0) is 18.2 Å². The molecule has 5 rings (SSSR count). The van der Waals surface area contributed by atoms with Gasteiger partial charge in [-0.1, -0.05) is 16.7 Å². The number of pyridine rings is 2. The molecule has 0 aliphatic rings. The lowest BCUT2D eigenvalue weighted by atomic mass is 10.1. The van der Waals surface area contributed by atoms with E-state index in [0.29, 0.717) is 16.7 Å². The van der Waals surface area contributed by atoms with Crippen molar-refractivity contribution in [3.63, 3.8) is 0 Å². The summed E-state index contributed by atoms with van der Waals surface area (Å²) in [5.74, 6) is 0.360. The number of nitrogens with zero attached hydrogens (tertiary/aromatic N) is 6. The monoisotopic (exact) mass is 392 g/mol. The third kappa shape index (κ3) is 2.87. The zero-order valence-electron chi connectivity index (χ0n) is 14.6. The third-order valence-corrected chi connectivity index (χ3v) is 4.53. The molecule has 0 saturated carbocycles. The van der Waals surface area contributed by atoms with Gasteiger partial charge in [0.1, 0.15) is 5.65 Å². The van der Waals surface area contributed by atoms with Gasteiger partial charge in [-0.15, -0.1) is 5.10 Å². The summed E-state index contributed by atoms with van der Waals surface area (Å²) < 4.78 is 7.51. The van der Waals surface area contributed by atoms with E-state index in [4.69, 9.17) is 16.0 Å². The molecule has 0 unspecified atom stereocenters. The maximum Gasteiger partial charge on any atom is 0.320 e. The lowest BCUT2D eigenvalue weighted by Gasteiger charge is -2.01. The topological polar surface area (TPSA) is 110 Å². The van der Waals surface area contributed by atoms with Crippen molar-refractivity contribution in [3.05, 3.63) is 54.3 Å². The standard InChI is InChI=1S/C18H13ClN8O/c1-27-9-11(7-23-27)10-5-12-13(8-22-16(12)21-6-10)17-25-26-18(28-17)24-14-3-2-4-20-15(14)19/h2-9H,1H3,(H,21,22)(H,24,26). The Morgan fingerprint density at radius 1 is 1.18 bits per heavy atom. The molecule has 0 fully saturated rings. The van der Waals surface area contributed by atoms with Crippen molar-refractivity contribution in [3.8, 4) is 22.6 Å². The molecule has 0 aliphatic heterocycles. The van der Waals surface area contributed by atoms with Gasteiger partial charge in [0.15, 0.2) is 5.15 Å². The average molecular weight is 393 g/mol. The molecule has 0 atom stereocenters. The van der Waals surface area contributed by atoms with Gasteiger partial charge >= 0.3 is 6.01 Å². The van der Waals surface area contributed by atoms with Gasteiger partial charge in [0, 0.05) is 48.3 Å². The second-order valence-corrected chi connectivity index (χ2v) is 6.46. The Balaban J connectivity index is 1.51. The van der Waals surface area contributed by atoms with E-state index in [1.165, 1.54) is 0 Å². The summed E-state index contributed by atoms with van der Waals surface area (Å²) in [4.78, 5) is 11.6. The molecule has 10 heteroatoms. The lowest BCUT2D eigenvalue weighted by Crippen LogP contribution is -1.92. The SMILES string of the molecule is Cn1cc(-c2cnc3[nH]cc(-c4nnc(Nc5cccnc5Cl)o4)c3c2)cn1. The first-order valence-corrected chi connectivity index (χ1v) is 8.73. The van der Waals surface area contributed by atoms with Gasteiger partial charge < -0.3 is 14.7 Å². The minimum absolute atomic E-state index is 0.218. The van der Waals surface area contributed by atoms with Gasteiger partial charge in [-0.3, -0.25) is 4.68 Å². The summed E-state index contributed by atoms with van der Waals surface area (Å²) >= 11 is 6.05. The molecule has 0 aromatic carbocycles.